The molecule has 0 spiro atoms. The maximum atomic E-state index is 11.6. The second-order valence-corrected chi connectivity index (χ2v) is 6.15. The summed E-state index contributed by atoms with van der Waals surface area (Å²) < 4.78 is 10.9. The van der Waals surface area contributed by atoms with E-state index >= 15 is 0 Å². The lowest BCUT2D eigenvalue weighted by molar-refractivity contribution is -0.144. The Labute approximate surface area is 162 Å². The normalized spacial score (nSPS) is 11.7. The molecule has 0 aliphatic carbocycles. The van der Waals surface area contributed by atoms with Gasteiger partial charge in [0.1, 0.15) is 16.9 Å². The van der Waals surface area contributed by atoms with Crippen molar-refractivity contribution < 1.29 is 23.9 Å². The number of hydrogen-bond acceptors (Lipinski definition) is 6. The average Bonchev–Trinajstić information content (AvgIpc) is 2.57. The molecule has 1 N–H and O–H groups in total. The minimum Gasteiger partial charge on any atom is -0.485 e. The van der Waals surface area contributed by atoms with Crippen molar-refractivity contribution in [1.29, 1.82) is 0 Å². The SMILES string of the molecule is CNOC(=O)/C=C/C(=O)OCCC(C=C(C)C)Oc1cccc(Cl)c1Cl. The molecule has 0 aromatic heterocycles. The molecule has 1 aromatic carbocycles. The van der Waals surface area contributed by atoms with Crippen molar-refractivity contribution in [3.8, 4) is 5.75 Å². The highest BCUT2D eigenvalue weighted by molar-refractivity contribution is 6.42. The number of carbonyl (C=O) groups excluding carboxylic acids is 2. The Kier molecular flexibility index (Phi) is 9.80. The van der Waals surface area contributed by atoms with Crippen molar-refractivity contribution in [3.05, 3.63) is 52.0 Å². The highest BCUT2D eigenvalue weighted by Crippen LogP contribution is 2.32. The predicted octanol–water partition coefficient (Wildman–Crippen LogP) is 3.87. The largest absolute Gasteiger partial charge is 0.485 e. The van der Waals surface area contributed by atoms with Gasteiger partial charge in [-0.15, -0.1) is 0 Å². The zero-order chi connectivity index (χ0) is 19.5. The third kappa shape index (κ3) is 8.38. The van der Waals surface area contributed by atoms with Crippen LogP contribution in [0.5, 0.6) is 5.75 Å². The quantitative estimate of drug-likeness (QED) is 0.293. The Morgan fingerprint density at radius 3 is 2.54 bits per heavy atom. The number of ether oxygens (including phenoxy) is 2. The molecule has 0 fully saturated rings. The lowest BCUT2D eigenvalue weighted by atomic mass is 10.2. The van der Waals surface area contributed by atoms with Crippen LogP contribution in [0.1, 0.15) is 20.3 Å². The van der Waals surface area contributed by atoms with E-state index in [0.29, 0.717) is 22.2 Å². The summed E-state index contributed by atoms with van der Waals surface area (Å²) in [6, 6.07) is 5.11. The predicted molar refractivity (Wildman–Crippen MR) is 100 cm³/mol. The van der Waals surface area contributed by atoms with E-state index in [9.17, 15) is 9.59 Å². The molecule has 1 atom stereocenters. The maximum absolute atomic E-state index is 11.6. The number of benzene rings is 1. The van der Waals surface area contributed by atoms with E-state index in [-0.39, 0.29) is 12.7 Å². The van der Waals surface area contributed by atoms with Gasteiger partial charge in [-0.05, 0) is 32.1 Å². The second-order valence-electron chi connectivity index (χ2n) is 5.37. The van der Waals surface area contributed by atoms with Crippen LogP contribution in [0.15, 0.2) is 42.0 Å². The molecule has 0 saturated heterocycles. The number of hydroxylamine groups is 1. The first-order valence-corrected chi connectivity index (χ1v) is 8.57. The first kappa shape index (κ1) is 22.0. The van der Waals surface area contributed by atoms with Crippen molar-refractivity contribution in [2.24, 2.45) is 0 Å². The van der Waals surface area contributed by atoms with Crippen LogP contribution in [0.2, 0.25) is 10.0 Å². The lowest BCUT2D eigenvalue weighted by Crippen LogP contribution is -2.18. The number of hydrogen-bond donors (Lipinski definition) is 1. The van der Waals surface area contributed by atoms with Crippen molar-refractivity contribution >= 4 is 35.1 Å². The van der Waals surface area contributed by atoms with Gasteiger partial charge in [0.25, 0.3) is 0 Å². The van der Waals surface area contributed by atoms with Gasteiger partial charge >= 0.3 is 11.9 Å². The van der Waals surface area contributed by atoms with Gasteiger partial charge in [0.05, 0.1) is 11.6 Å². The number of halogens is 2. The third-order valence-electron chi connectivity index (χ3n) is 2.92. The number of allylic oxidation sites excluding steroid dienone is 1. The van der Waals surface area contributed by atoms with Gasteiger partial charge in [-0.25, -0.2) is 9.59 Å². The summed E-state index contributed by atoms with van der Waals surface area (Å²) in [7, 11) is 1.43. The van der Waals surface area contributed by atoms with Gasteiger partial charge in [-0.3, -0.25) is 0 Å². The molecule has 0 radical (unpaired) electrons. The van der Waals surface area contributed by atoms with Crippen molar-refractivity contribution in [2.45, 2.75) is 26.4 Å². The molecule has 8 heteroatoms. The summed E-state index contributed by atoms with van der Waals surface area (Å²) in [5, 5.41) is 0.717. The molecule has 1 unspecified atom stereocenters. The molecule has 142 valence electrons. The standard InChI is InChI=1S/C18H21Cl2NO5/c1-12(2)11-13(25-15-6-4-5-14(19)18(15)20)9-10-24-16(22)7-8-17(23)26-21-3/h4-8,11,13,21H,9-10H2,1-3H3/b8-7+. The average molecular weight is 402 g/mol. The van der Waals surface area contributed by atoms with E-state index in [4.69, 9.17) is 32.7 Å². The molecule has 1 rings (SSSR count). The summed E-state index contributed by atoms with van der Waals surface area (Å²) in [6.45, 7) is 3.95. The van der Waals surface area contributed by atoms with Crippen LogP contribution in [0.4, 0.5) is 0 Å². The molecule has 0 heterocycles. The summed E-state index contributed by atoms with van der Waals surface area (Å²) in [4.78, 5) is 27.1. The monoisotopic (exact) mass is 401 g/mol. The van der Waals surface area contributed by atoms with Crippen LogP contribution in [0.3, 0.4) is 0 Å². The molecular weight excluding hydrogens is 381 g/mol. The number of carbonyl (C=O) groups is 2. The van der Waals surface area contributed by atoms with Gasteiger partial charge < -0.3 is 14.3 Å². The molecule has 0 saturated carbocycles. The zero-order valence-corrected chi connectivity index (χ0v) is 16.3. The maximum Gasteiger partial charge on any atom is 0.349 e. The van der Waals surface area contributed by atoms with E-state index < -0.39 is 11.9 Å². The minimum absolute atomic E-state index is 0.0941. The Hall–Kier alpha value is -2.02. The Balaban J connectivity index is 2.61. The van der Waals surface area contributed by atoms with Gasteiger partial charge in [-0.2, -0.15) is 5.48 Å². The van der Waals surface area contributed by atoms with E-state index in [2.05, 4.69) is 10.3 Å². The Morgan fingerprint density at radius 2 is 1.88 bits per heavy atom. The fourth-order valence-corrected chi connectivity index (χ4v) is 2.22. The fraction of sp³-hybridized carbons (Fsp3) is 0.333. The number of nitrogens with one attached hydrogen (secondary N) is 1. The fourth-order valence-electron chi connectivity index (χ4n) is 1.88. The first-order valence-electron chi connectivity index (χ1n) is 7.81. The van der Waals surface area contributed by atoms with Gasteiger partial charge in [0.15, 0.2) is 0 Å². The van der Waals surface area contributed by atoms with E-state index in [0.717, 1.165) is 17.7 Å². The number of rotatable bonds is 9. The molecule has 1 aromatic rings. The highest BCUT2D eigenvalue weighted by Gasteiger charge is 2.13. The molecule has 6 nitrogen and oxygen atoms in total. The molecule has 0 amide bonds. The van der Waals surface area contributed by atoms with Crippen LogP contribution in [-0.2, 0) is 19.2 Å². The smallest absolute Gasteiger partial charge is 0.349 e. The van der Waals surface area contributed by atoms with Crippen LogP contribution < -0.4 is 10.2 Å². The first-order chi connectivity index (χ1) is 12.3. The lowest BCUT2D eigenvalue weighted by Gasteiger charge is -2.17. The van der Waals surface area contributed by atoms with Gasteiger partial charge in [0.2, 0.25) is 0 Å². The van der Waals surface area contributed by atoms with Crippen molar-refractivity contribution in [3.63, 3.8) is 0 Å². The van der Waals surface area contributed by atoms with E-state index in [1.807, 2.05) is 19.9 Å². The highest BCUT2D eigenvalue weighted by atomic mass is 35.5. The summed E-state index contributed by atoms with van der Waals surface area (Å²) in [6.07, 6.45) is 3.89. The summed E-state index contributed by atoms with van der Waals surface area (Å²) in [5.74, 6) is -0.914. The van der Waals surface area contributed by atoms with Gasteiger partial charge in [0, 0.05) is 25.6 Å². The molecule has 0 bridgehead atoms. The Morgan fingerprint density at radius 1 is 1.19 bits per heavy atom. The van der Waals surface area contributed by atoms with Crippen molar-refractivity contribution in [1.82, 2.24) is 5.48 Å². The van der Waals surface area contributed by atoms with Crippen LogP contribution in [0, 0.1) is 0 Å². The molecule has 0 aliphatic rings. The van der Waals surface area contributed by atoms with Crippen LogP contribution in [0.25, 0.3) is 0 Å². The van der Waals surface area contributed by atoms with Crippen molar-refractivity contribution in [2.75, 3.05) is 13.7 Å². The number of esters is 1. The van der Waals surface area contributed by atoms with E-state index in [1.165, 1.54) is 7.05 Å². The Bertz CT molecular complexity index is 684. The molecule has 0 aliphatic heterocycles. The summed E-state index contributed by atoms with van der Waals surface area (Å²) in [5.41, 5.74) is 3.24. The zero-order valence-electron chi connectivity index (χ0n) is 14.8. The molecule has 26 heavy (non-hydrogen) atoms. The summed E-state index contributed by atoms with van der Waals surface area (Å²) >= 11 is 12.1. The van der Waals surface area contributed by atoms with Crippen LogP contribution in [-0.4, -0.2) is 31.7 Å². The second kappa shape index (κ2) is 11.6. The van der Waals surface area contributed by atoms with Gasteiger partial charge in [-0.1, -0.05) is 34.8 Å². The topological polar surface area (TPSA) is 73.9 Å². The molecular formula is C18H21Cl2NO5. The van der Waals surface area contributed by atoms with E-state index in [1.54, 1.807) is 18.2 Å². The van der Waals surface area contributed by atoms with Crippen LogP contribution >= 0.6 is 23.2 Å². The minimum atomic E-state index is -0.703. The third-order valence-corrected chi connectivity index (χ3v) is 3.72.